The van der Waals surface area contributed by atoms with E-state index in [-0.39, 0.29) is 18.9 Å². The minimum absolute atomic E-state index is 0.0429. The fourth-order valence-corrected chi connectivity index (χ4v) is 3.46. The van der Waals surface area contributed by atoms with Crippen LogP contribution in [0.4, 0.5) is 4.79 Å². The number of fused-ring (bicyclic) bond motifs is 3. The van der Waals surface area contributed by atoms with E-state index in [1.165, 1.54) is 0 Å². The molecule has 140 valence electrons. The van der Waals surface area contributed by atoms with Gasteiger partial charge in [-0.3, -0.25) is 4.79 Å². The highest BCUT2D eigenvalue weighted by Gasteiger charge is 2.33. The smallest absolute Gasteiger partial charge is 0.407 e. The van der Waals surface area contributed by atoms with Gasteiger partial charge in [-0.1, -0.05) is 60.7 Å². The lowest BCUT2D eigenvalue weighted by molar-refractivity contribution is -0.138. The lowest BCUT2D eigenvalue weighted by atomic mass is 9.90. The average molecular weight is 365 g/mol. The fraction of sp³-hybridized carbons (Fsp3) is 0.273. The van der Waals surface area contributed by atoms with Gasteiger partial charge in [0, 0.05) is 5.92 Å². The predicted molar refractivity (Wildman–Crippen MR) is 104 cm³/mol. The number of carboxylic acid groups (broad SMARTS) is 1. The van der Waals surface area contributed by atoms with Crippen LogP contribution in [0.3, 0.4) is 0 Å². The molecule has 1 amide bonds. The lowest BCUT2D eigenvalue weighted by Crippen LogP contribution is -2.48. The number of ether oxygens (including phenoxy) is 1. The summed E-state index contributed by atoms with van der Waals surface area (Å²) in [7, 11) is 0. The highest BCUT2D eigenvalue weighted by Crippen LogP contribution is 2.44. The van der Waals surface area contributed by atoms with Gasteiger partial charge in [-0.2, -0.15) is 0 Å². The molecule has 1 atom stereocenters. The molecule has 0 spiro atoms. The molecule has 5 nitrogen and oxygen atoms in total. The van der Waals surface area contributed by atoms with Gasteiger partial charge in [-0.05, 0) is 36.1 Å². The first-order chi connectivity index (χ1) is 12.8. The fourth-order valence-electron chi connectivity index (χ4n) is 3.46. The standard InChI is InChI=1S/C22H23NO4/c1-14(2)22(3,12-20(24)25)23-21(26)27-13-19-17-10-6-4-8-15(17)16-9-5-7-11-18(16)19/h4-11,19H,1,12-13H2,2-3H3,(H,23,26)(H,24,25). The molecule has 0 saturated heterocycles. The number of amides is 1. The van der Waals surface area contributed by atoms with E-state index in [4.69, 9.17) is 9.84 Å². The number of hydrogen-bond acceptors (Lipinski definition) is 3. The van der Waals surface area contributed by atoms with E-state index < -0.39 is 17.6 Å². The minimum Gasteiger partial charge on any atom is -0.481 e. The van der Waals surface area contributed by atoms with Crippen LogP contribution in [0.15, 0.2) is 60.7 Å². The predicted octanol–water partition coefficient (Wildman–Crippen LogP) is 4.33. The van der Waals surface area contributed by atoms with E-state index in [0.29, 0.717) is 5.57 Å². The highest BCUT2D eigenvalue weighted by atomic mass is 16.5. The normalized spacial score (nSPS) is 14.6. The van der Waals surface area contributed by atoms with Crippen LogP contribution in [0.1, 0.15) is 37.3 Å². The third kappa shape index (κ3) is 3.72. The monoisotopic (exact) mass is 365 g/mol. The van der Waals surface area contributed by atoms with Crippen LogP contribution in [0, 0.1) is 0 Å². The Bertz CT molecular complexity index is 859. The van der Waals surface area contributed by atoms with E-state index in [2.05, 4.69) is 24.0 Å². The molecule has 0 fully saturated rings. The van der Waals surface area contributed by atoms with Gasteiger partial charge in [0.05, 0.1) is 12.0 Å². The third-order valence-corrected chi connectivity index (χ3v) is 5.17. The number of carbonyl (C=O) groups is 2. The topological polar surface area (TPSA) is 75.6 Å². The molecule has 0 heterocycles. The summed E-state index contributed by atoms with van der Waals surface area (Å²) in [6, 6.07) is 16.2. The molecule has 2 aromatic carbocycles. The van der Waals surface area contributed by atoms with Crippen LogP contribution in [0.25, 0.3) is 11.1 Å². The maximum atomic E-state index is 12.4. The summed E-state index contributed by atoms with van der Waals surface area (Å²) in [5.74, 6) is -1.06. The van der Waals surface area contributed by atoms with Crippen molar-refractivity contribution >= 4 is 12.1 Å². The molecule has 0 aromatic heterocycles. The van der Waals surface area contributed by atoms with Crippen molar-refractivity contribution in [3.8, 4) is 11.1 Å². The highest BCUT2D eigenvalue weighted by molar-refractivity contribution is 5.79. The van der Waals surface area contributed by atoms with Crippen molar-refractivity contribution < 1.29 is 19.4 Å². The van der Waals surface area contributed by atoms with Gasteiger partial charge in [0.2, 0.25) is 0 Å². The zero-order valence-corrected chi connectivity index (χ0v) is 15.5. The van der Waals surface area contributed by atoms with Crippen molar-refractivity contribution in [1.29, 1.82) is 0 Å². The quantitative estimate of drug-likeness (QED) is 0.747. The second-order valence-electron chi connectivity index (χ2n) is 7.13. The Labute approximate surface area is 158 Å². The maximum Gasteiger partial charge on any atom is 0.407 e. The summed E-state index contributed by atoms with van der Waals surface area (Å²) in [6.07, 6.45) is -0.907. The maximum absolute atomic E-state index is 12.4. The zero-order chi connectivity index (χ0) is 19.6. The summed E-state index contributed by atoms with van der Waals surface area (Å²) in [4.78, 5) is 23.5. The molecule has 0 bridgehead atoms. The molecule has 27 heavy (non-hydrogen) atoms. The first-order valence-corrected chi connectivity index (χ1v) is 8.83. The Morgan fingerprint density at radius 1 is 1.11 bits per heavy atom. The van der Waals surface area contributed by atoms with Crippen LogP contribution in [-0.2, 0) is 9.53 Å². The van der Waals surface area contributed by atoms with Gasteiger partial charge < -0.3 is 15.2 Å². The minimum atomic E-state index is -1.06. The Kier molecular flexibility index (Phi) is 5.04. The summed E-state index contributed by atoms with van der Waals surface area (Å²) in [5, 5.41) is 11.8. The molecule has 1 aliphatic carbocycles. The Morgan fingerprint density at radius 3 is 2.11 bits per heavy atom. The summed E-state index contributed by atoms with van der Waals surface area (Å²) < 4.78 is 5.48. The van der Waals surface area contributed by atoms with Crippen molar-refractivity contribution in [2.75, 3.05) is 6.61 Å². The second kappa shape index (κ2) is 7.27. The van der Waals surface area contributed by atoms with Crippen molar-refractivity contribution in [2.24, 2.45) is 0 Å². The number of nitrogens with one attached hydrogen (secondary N) is 1. The molecule has 2 aromatic rings. The lowest BCUT2D eigenvalue weighted by Gasteiger charge is -2.29. The van der Waals surface area contributed by atoms with Crippen LogP contribution < -0.4 is 5.32 Å². The molecule has 0 radical (unpaired) electrons. The third-order valence-electron chi connectivity index (χ3n) is 5.17. The van der Waals surface area contributed by atoms with Gasteiger partial charge in [-0.15, -0.1) is 0 Å². The number of hydrogen-bond donors (Lipinski definition) is 2. The van der Waals surface area contributed by atoms with Gasteiger partial charge in [0.15, 0.2) is 0 Å². The summed E-state index contributed by atoms with van der Waals surface area (Å²) >= 11 is 0. The molecule has 1 aliphatic rings. The first kappa shape index (κ1) is 18.7. The van der Waals surface area contributed by atoms with Crippen LogP contribution in [0.5, 0.6) is 0 Å². The SMILES string of the molecule is C=C(C)C(C)(CC(=O)O)NC(=O)OCC1c2ccccc2-c2ccccc21. The van der Waals surface area contributed by atoms with Gasteiger partial charge in [0.25, 0.3) is 0 Å². The number of aliphatic carboxylic acids is 1. The van der Waals surface area contributed by atoms with Crippen molar-refractivity contribution in [1.82, 2.24) is 5.32 Å². The average Bonchev–Trinajstić information content (AvgIpc) is 2.93. The van der Waals surface area contributed by atoms with Crippen LogP contribution >= 0.6 is 0 Å². The number of benzene rings is 2. The van der Waals surface area contributed by atoms with E-state index >= 15 is 0 Å². The largest absolute Gasteiger partial charge is 0.481 e. The van der Waals surface area contributed by atoms with Gasteiger partial charge in [0.1, 0.15) is 6.61 Å². The molecule has 2 N–H and O–H groups in total. The summed E-state index contributed by atoms with van der Waals surface area (Å²) in [6.45, 7) is 7.29. The number of rotatable bonds is 6. The number of carboxylic acids is 1. The summed E-state index contributed by atoms with van der Waals surface area (Å²) in [5.41, 5.74) is 4.05. The van der Waals surface area contributed by atoms with Crippen molar-refractivity contribution in [3.63, 3.8) is 0 Å². The van der Waals surface area contributed by atoms with Gasteiger partial charge >= 0.3 is 12.1 Å². The van der Waals surface area contributed by atoms with Crippen LogP contribution in [0.2, 0.25) is 0 Å². The molecular formula is C22H23NO4. The molecule has 0 saturated carbocycles. The second-order valence-corrected chi connectivity index (χ2v) is 7.13. The molecule has 3 rings (SSSR count). The molecule has 1 unspecified atom stereocenters. The Hall–Kier alpha value is -3.08. The molecule has 5 heteroatoms. The van der Waals surface area contributed by atoms with E-state index in [1.54, 1.807) is 13.8 Å². The Balaban J connectivity index is 1.74. The first-order valence-electron chi connectivity index (χ1n) is 8.83. The Morgan fingerprint density at radius 2 is 1.63 bits per heavy atom. The number of alkyl carbamates (subject to hydrolysis) is 1. The molecule has 0 aliphatic heterocycles. The zero-order valence-electron chi connectivity index (χ0n) is 15.5. The van der Waals surface area contributed by atoms with Crippen LogP contribution in [-0.4, -0.2) is 29.3 Å². The van der Waals surface area contributed by atoms with Crippen molar-refractivity contribution in [3.05, 3.63) is 71.8 Å². The number of carbonyl (C=O) groups excluding carboxylic acids is 1. The van der Waals surface area contributed by atoms with Gasteiger partial charge in [-0.25, -0.2) is 4.79 Å². The van der Waals surface area contributed by atoms with E-state index in [0.717, 1.165) is 22.3 Å². The van der Waals surface area contributed by atoms with Crippen molar-refractivity contribution in [2.45, 2.75) is 31.7 Å². The molecular weight excluding hydrogens is 342 g/mol. The van der Waals surface area contributed by atoms with E-state index in [1.807, 2.05) is 36.4 Å². The van der Waals surface area contributed by atoms with E-state index in [9.17, 15) is 9.59 Å².